The van der Waals surface area contributed by atoms with Crippen LogP contribution < -0.4 is 19.7 Å². The molecule has 0 unspecified atom stereocenters. The molecule has 1 aromatic carbocycles. The van der Waals surface area contributed by atoms with Gasteiger partial charge in [-0.3, -0.25) is 9.98 Å². The summed E-state index contributed by atoms with van der Waals surface area (Å²) in [6.45, 7) is 0.531. The van der Waals surface area contributed by atoms with Gasteiger partial charge in [-0.2, -0.15) is 8.78 Å². The highest BCUT2D eigenvalue weighted by molar-refractivity contribution is 5.78. The lowest BCUT2D eigenvalue weighted by Gasteiger charge is -2.41. The number of nitrogens with one attached hydrogen (secondary N) is 1. The van der Waals surface area contributed by atoms with Crippen molar-refractivity contribution in [3.8, 4) is 11.5 Å². The second kappa shape index (κ2) is 10.5. The molecule has 2 aliphatic heterocycles. The summed E-state index contributed by atoms with van der Waals surface area (Å²) in [5, 5.41) is 3.29. The minimum Gasteiger partial charge on any atom is -0.491 e. The zero-order valence-corrected chi connectivity index (χ0v) is 18.9. The van der Waals surface area contributed by atoms with Crippen LogP contribution >= 0.6 is 0 Å². The lowest BCUT2D eigenvalue weighted by Crippen LogP contribution is -2.44. The van der Waals surface area contributed by atoms with Crippen molar-refractivity contribution in [2.75, 3.05) is 25.1 Å². The van der Waals surface area contributed by atoms with Crippen LogP contribution in [0.25, 0.3) is 0 Å². The van der Waals surface area contributed by atoms with E-state index in [-0.39, 0.29) is 17.5 Å². The van der Waals surface area contributed by atoms with E-state index in [1.165, 1.54) is 19.2 Å². The third kappa shape index (κ3) is 5.27. The van der Waals surface area contributed by atoms with Crippen molar-refractivity contribution in [2.45, 2.75) is 32.4 Å². The molecule has 2 aromatic rings. The molecular weight excluding hydrogens is 447 g/mol. The standard InChI is InChI=1S/C24H26F3N5O2/c1-16-11-28-15-22(30-12-16)31-9-7-18(8-10-31)32(21-14-29-13-20(25)23(21)33-2)17-3-5-19(6-4-17)34-24(26)27/h3-6,11-15,18,24,30H,7-10H2,1-2H3. The van der Waals surface area contributed by atoms with Crippen LogP contribution in [0.1, 0.15) is 19.8 Å². The quantitative estimate of drug-likeness (QED) is 0.623. The van der Waals surface area contributed by atoms with Gasteiger partial charge < -0.3 is 24.6 Å². The number of aliphatic imine (C=N–C) groups is 1. The normalized spacial score (nSPS) is 16.5. The lowest BCUT2D eigenvalue weighted by atomic mass is 10.0. The minimum atomic E-state index is -2.91. The number of anilines is 2. The molecule has 0 radical (unpaired) electrons. The van der Waals surface area contributed by atoms with Crippen LogP contribution in [0.3, 0.4) is 0 Å². The second-order valence-corrected chi connectivity index (χ2v) is 7.96. The first-order valence-electron chi connectivity index (χ1n) is 10.9. The van der Waals surface area contributed by atoms with Gasteiger partial charge in [-0.1, -0.05) is 0 Å². The van der Waals surface area contributed by atoms with Gasteiger partial charge in [0.2, 0.25) is 0 Å². The molecule has 2 aliphatic rings. The number of ether oxygens (including phenoxy) is 2. The Morgan fingerprint density at radius 2 is 1.88 bits per heavy atom. The van der Waals surface area contributed by atoms with Gasteiger partial charge in [-0.25, -0.2) is 4.39 Å². The van der Waals surface area contributed by atoms with Crippen LogP contribution in [0.15, 0.2) is 65.4 Å². The van der Waals surface area contributed by atoms with Crippen molar-refractivity contribution in [3.63, 3.8) is 0 Å². The first-order valence-corrected chi connectivity index (χ1v) is 10.9. The first kappa shape index (κ1) is 23.5. The van der Waals surface area contributed by atoms with Crippen LogP contribution in [-0.4, -0.2) is 49.0 Å². The second-order valence-electron chi connectivity index (χ2n) is 7.96. The third-order valence-corrected chi connectivity index (χ3v) is 5.73. The highest BCUT2D eigenvalue weighted by Crippen LogP contribution is 2.39. The van der Waals surface area contributed by atoms with E-state index in [2.05, 4.69) is 24.9 Å². The zero-order chi connectivity index (χ0) is 24.1. The summed E-state index contributed by atoms with van der Waals surface area (Å²) < 4.78 is 49.5. The van der Waals surface area contributed by atoms with Crippen LogP contribution in [-0.2, 0) is 0 Å². The Morgan fingerprint density at radius 1 is 1.15 bits per heavy atom. The molecule has 4 rings (SSSR count). The summed E-state index contributed by atoms with van der Waals surface area (Å²) in [5.41, 5.74) is 2.19. The van der Waals surface area contributed by atoms with Crippen molar-refractivity contribution in [1.82, 2.24) is 15.2 Å². The van der Waals surface area contributed by atoms with Crippen LogP contribution in [0.2, 0.25) is 0 Å². The Kier molecular flexibility index (Phi) is 7.24. The summed E-state index contributed by atoms with van der Waals surface area (Å²) in [7, 11) is 1.41. The van der Waals surface area contributed by atoms with Gasteiger partial charge >= 0.3 is 6.61 Å². The Labute approximate surface area is 196 Å². The number of halogens is 3. The highest BCUT2D eigenvalue weighted by atomic mass is 19.3. The van der Waals surface area contributed by atoms with E-state index >= 15 is 0 Å². The molecule has 1 saturated heterocycles. The summed E-state index contributed by atoms with van der Waals surface area (Å²) >= 11 is 0. The van der Waals surface area contributed by atoms with E-state index < -0.39 is 12.4 Å². The number of aromatic nitrogens is 1. The van der Waals surface area contributed by atoms with Gasteiger partial charge in [0.15, 0.2) is 11.6 Å². The number of nitrogens with zero attached hydrogens (tertiary/aromatic N) is 4. The van der Waals surface area contributed by atoms with Crippen molar-refractivity contribution >= 4 is 17.6 Å². The van der Waals surface area contributed by atoms with E-state index in [0.29, 0.717) is 11.4 Å². The molecule has 0 bridgehead atoms. The molecule has 10 heteroatoms. The summed E-state index contributed by atoms with van der Waals surface area (Å²) in [6, 6.07) is 6.27. The maximum absolute atomic E-state index is 14.5. The number of allylic oxidation sites excluding steroid dienone is 1. The van der Waals surface area contributed by atoms with Crippen LogP contribution in [0.5, 0.6) is 11.5 Å². The zero-order valence-electron chi connectivity index (χ0n) is 18.9. The predicted octanol–water partition coefficient (Wildman–Crippen LogP) is 4.81. The Morgan fingerprint density at radius 3 is 2.56 bits per heavy atom. The van der Waals surface area contributed by atoms with E-state index in [1.54, 1.807) is 30.7 Å². The van der Waals surface area contributed by atoms with Gasteiger partial charge in [-0.05, 0) is 49.6 Å². The van der Waals surface area contributed by atoms with E-state index in [4.69, 9.17) is 4.74 Å². The fraction of sp³-hybridized carbons (Fsp3) is 0.333. The molecule has 7 nitrogen and oxygen atoms in total. The van der Waals surface area contributed by atoms with E-state index in [1.807, 2.05) is 18.0 Å². The minimum absolute atomic E-state index is 0.0113. The number of alkyl halides is 2. The maximum atomic E-state index is 14.5. The molecule has 0 atom stereocenters. The summed E-state index contributed by atoms with van der Waals surface area (Å²) in [6.07, 6.45) is 9.65. The smallest absolute Gasteiger partial charge is 0.387 e. The number of hydrogen-bond acceptors (Lipinski definition) is 7. The Bertz CT molecular complexity index is 1080. The topological polar surface area (TPSA) is 62.2 Å². The van der Waals surface area contributed by atoms with Gasteiger partial charge in [0.25, 0.3) is 0 Å². The number of rotatable bonds is 7. The number of likely N-dealkylation sites (tertiary alicyclic amines) is 1. The van der Waals surface area contributed by atoms with Crippen LogP contribution in [0, 0.1) is 5.82 Å². The first-order chi connectivity index (χ1) is 16.5. The molecule has 0 amide bonds. The Hall–Kier alpha value is -3.69. The molecule has 0 aliphatic carbocycles. The van der Waals surface area contributed by atoms with Crippen molar-refractivity contribution < 1.29 is 22.6 Å². The predicted molar refractivity (Wildman–Crippen MR) is 124 cm³/mol. The summed E-state index contributed by atoms with van der Waals surface area (Å²) in [5.74, 6) is 0.464. The van der Waals surface area contributed by atoms with Gasteiger partial charge in [0, 0.05) is 37.2 Å². The maximum Gasteiger partial charge on any atom is 0.387 e. The molecule has 0 spiro atoms. The Balaban J connectivity index is 1.60. The number of benzene rings is 1. The van der Waals surface area contributed by atoms with E-state index in [0.717, 1.165) is 43.5 Å². The van der Waals surface area contributed by atoms with Crippen LogP contribution in [0.4, 0.5) is 24.5 Å². The SMILES string of the molecule is COc1c(F)cncc1N(c1ccc(OC(F)F)cc1)C1CCN(C2=CN=CC(C)=CN2)CC1. The molecule has 34 heavy (non-hydrogen) atoms. The largest absolute Gasteiger partial charge is 0.491 e. The van der Waals surface area contributed by atoms with Gasteiger partial charge in [-0.15, -0.1) is 0 Å². The fourth-order valence-corrected chi connectivity index (χ4v) is 4.15. The molecule has 180 valence electrons. The average molecular weight is 473 g/mol. The monoisotopic (exact) mass is 473 g/mol. The average Bonchev–Trinajstić information content (AvgIpc) is 3.05. The molecule has 1 fully saturated rings. The summed E-state index contributed by atoms with van der Waals surface area (Å²) in [4.78, 5) is 12.5. The molecular formula is C24H26F3N5O2. The molecule has 3 heterocycles. The third-order valence-electron chi connectivity index (χ3n) is 5.73. The lowest BCUT2D eigenvalue weighted by molar-refractivity contribution is -0.0498. The number of pyridine rings is 1. The van der Waals surface area contributed by atoms with E-state index in [9.17, 15) is 13.2 Å². The van der Waals surface area contributed by atoms with Crippen molar-refractivity contribution in [3.05, 3.63) is 66.3 Å². The molecule has 1 aromatic heterocycles. The molecule has 1 N–H and O–H groups in total. The number of piperidine rings is 1. The highest BCUT2D eigenvalue weighted by Gasteiger charge is 2.30. The molecule has 0 saturated carbocycles. The van der Waals surface area contributed by atoms with Crippen molar-refractivity contribution in [2.24, 2.45) is 4.99 Å². The van der Waals surface area contributed by atoms with Gasteiger partial charge in [0.1, 0.15) is 17.3 Å². The number of methoxy groups -OCH3 is 1. The fourth-order valence-electron chi connectivity index (χ4n) is 4.15. The van der Waals surface area contributed by atoms with Crippen molar-refractivity contribution in [1.29, 1.82) is 0 Å². The number of hydrogen-bond donors (Lipinski definition) is 1. The van der Waals surface area contributed by atoms with Gasteiger partial charge in [0.05, 0.1) is 25.7 Å².